The molecule has 5 rings (SSSR count). The average Bonchev–Trinajstić information content (AvgIpc) is 3.16. The van der Waals surface area contributed by atoms with E-state index in [-0.39, 0.29) is 34.0 Å². The highest BCUT2D eigenvalue weighted by molar-refractivity contribution is 6.15. The summed E-state index contributed by atoms with van der Waals surface area (Å²) in [7, 11) is 0. The van der Waals surface area contributed by atoms with Gasteiger partial charge in [-0.25, -0.2) is 4.98 Å². The number of carbonyl (C=O) groups is 2. The largest absolute Gasteiger partial charge is 0.454 e. The van der Waals surface area contributed by atoms with E-state index in [2.05, 4.69) is 10.3 Å². The highest BCUT2D eigenvalue weighted by Crippen LogP contribution is 2.59. The quantitative estimate of drug-likeness (QED) is 0.532. The van der Waals surface area contributed by atoms with Gasteiger partial charge in [-0.2, -0.15) is 5.26 Å². The number of rotatable bonds is 3. The summed E-state index contributed by atoms with van der Waals surface area (Å²) in [6, 6.07) is 14.8. The van der Waals surface area contributed by atoms with Crippen molar-refractivity contribution >= 4 is 17.4 Å². The number of pyridine rings is 1. The first-order valence-corrected chi connectivity index (χ1v) is 10.4. The van der Waals surface area contributed by atoms with E-state index in [9.17, 15) is 14.7 Å². The Morgan fingerprint density at radius 2 is 2.00 bits per heavy atom. The number of carbonyl (C=O) groups excluding carboxylic acids is 2. The number of amides is 1. The molecule has 8 heteroatoms. The molecule has 1 aliphatic heterocycles. The highest BCUT2D eigenvalue weighted by Gasteiger charge is 2.72. The van der Waals surface area contributed by atoms with Crippen LogP contribution in [0.15, 0.2) is 54.7 Å². The second-order valence-electron chi connectivity index (χ2n) is 8.50. The van der Waals surface area contributed by atoms with Gasteiger partial charge >= 0.3 is 0 Å². The monoisotopic (exact) mass is 440 g/mol. The van der Waals surface area contributed by atoms with Gasteiger partial charge in [0.2, 0.25) is 11.3 Å². The SMILES string of the molecule is CC(C)c1ccc2c(c1)OC1(O)c3cccc(N)c3C(=O)C21NC(=O)c1ccc(C#N)cn1. The van der Waals surface area contributed by atoms with Gasteiger partial charge in [-0.1, -0.05) is 38.1 Å². The Labute approximate surface area is 189 Å². The van der Waals surface area contributed by atoms with Crippen molar-refractivity contribution in [1.29, 1.82) is 5.26 Å². The molecular formula is C25H20N4O4. The molecule has 2 unspecified atom stereocenters. The Balaban J connectivity index is 1.70. The number of anilines is 1. The van der Waals surface area contributed by atoms with Crippen LogP contribution in [-0.4, -0.2) is 21.8 Å². The van der Waals surface area contributed by atoms with Gasteiger partial charge in [-0.15, -0.1) is 0 Å². The Hall–Kier alpha value is -4.22. The van der Waals surface area contributed by atoms with Crippen molar-refractivity contribution < 1.29 is 19.4 Å². The summed E-state index contributed by atoms with van der Waals surface area (Å²) < 4.78 is 6.04. The second kappa shape index (κ2) is 6.89. The van der Waals surface area contributed by atoms with Gasteiger partial charge in [0.25, 0.3) is 11.7 Å². The van der Waals surface area contributed by atoms with Gasteiger partial charge in [0.05, 0.1) is 11.1 Å². The average molecular weight is 440 g/mol. The van der Waals surface area contributed by atoms with Crippen LogP contribution in [0.2, 0.25) is 0 Å². The molecule has 1 amide bonds. The van der Waals surface area contributed by atoms with Crippen LogP contribution in [0.4, 0.5) is 5.69 Å². The standard InChI is InChI=1S/C25H20N4O4/c1-13(2)15-7-8-16-20(10-15)33-25(32)17-4-3-5-18(27)21(17)22(30)24(16,25)29-23(31)19-9-6-14(11-26)12-28-19/h3-10,12-13,32H,27H2,1-2H3,(H,29,31). The summed E-state index contributed by atoms with van der Waals surface area (Å²) in [6.45, 7) is 4.03. The van der Waals surface area contributed by atoms with Crippen LogP contribution in [0.5, 0.6) is 5.75 Å². The number of hydrogen-bond acceptors (Lipinski definition) is 7. The van der Waals surface area contributed by atoms with Crippen LogP contribution in [0.1, 0.15) is 62.9 Å². The van der Waals surface area contributed by atoms with Crippen LogP contribution in [0, 0.1) is 11.3 Å². The molecule has 4 N–H and O–H groups in total. The minimum atomic E-state index is -2.20. The molecule has 1 aliphatic carbocycles. The van der Waals surface area contributed by atoms with Crippen LogP contribution in [-0.2, 0) is 11.3 Å². The summed E-state index contributed by atoms with van der Waals surface area (Å²) in [5, 5.41) is 23.6. The number of nitrogens with two attached hydrogens (primary N) is 1. The molecule has 0 radical (unpaired) electrons. The minimum absolute atomic E-state index is 0.0188. The Kier molecular flexibility index (Phi) is 4.31. The molecule has 164 valence electrons. The smallest absolute Gasteiger partial charge is 0.271 e. The lowest BCUT2D eigenvalue weighted by Gasteiger charge is -2.34. The van der Waals surface area contributed by atoms with Crippen LogP contribution in [0.25, 0.3) is 0 Å². The molecule has 2 heterocycles. The van der Waals surface area contributed by atoms with E-state index in [1.807, 2.05) is 26.0 Å². The summed E-state index contributed by atoms with van der Waals surface area (Å²) in [5.41, 5.74) is 6.15. The minimum Gasteiger partial charge on any atom is -0.454 e. The van der Waals surface area contributed by atoms with Crippen molar-refractivity contribution in [2.75, 3.05) is 5.73 Å². The fourth-order valence-corrected chi connectivity index (χ4v) is 4.57. The summed E-state index contributed by atoms with van der Waals surface area (Å²) in [6.07, 6.45) is 1.26. The lowest BCUT2D eigenvalue weighted by atomic mass is 9.82. The number of nitrogens with one attached hydrogen (secondary N) is 1. The number of nitrogen functional groups attached to an aromatic ring is 1. The molecule has 1 aromatic heterocycles. The molecule has 3 aromatic rings. The zero-order valence-corrected chi connectivity index (χ0v) is 17.9. The summed E-state index contributed by atoms with van der Waals surface area (Å²) in [4.78, 5) is 31.1. The maximum Gasteiger partial charge on any atom is 0.271 e. The number of ether oxygens (including phenoxy) is 1. The number of aromatic nitrogens is 1. The fourth-order valence-electron chi connectivity index (χ4n) is 4.57. The molecule has 0 spiro atoms. The molecule has 0 bridgehead atoms. The maximum atomic E-state index is 13.9. The predicted octanol–water partition coefficient (Wildman–Crippen LogP) is 2.72. The zero-order chi connectivity index (χ0) is 23.5. The third-order valence-electron chi connectivity index (χ3n) is 6.30. The van der Waals surface area contributed by atoms with E-state index >= 15 is 0 Å². The van der Waals surface area contributed by atoms with Gasteiger partial charge in [0.15, 0.2) is 0 Å². The van der Waals surface area contributed by atoms with Crippen LogP contribution in [0.3, 0.4) is 0 Å². The van der Waals surface area contributed by atoms with E-state index < -0.39 is 23.0 Å². The van der Waals surface area contributed by atoms with E-state index in [1.165, 1.54) is 18.3 Å². The number of ketones is 1. The van der Waals surface area contributed by atoms with Crippen molar-refractivity contribution in [3.8, 4) is 11.8 Å². The molecule has 2 atom stereocenters. The van der Waals surface area contributed by atoms with E-state index in [4.69, 9.17) is 15.7 Å². The number of nitrogens with zero attached hydrogens (tertiary/aromatic N) is 2. The van der Waals surface area contributed by atoms with Gasteiger partial charge in [0.1, 0.15) is 17.5 Å². The molecule has 0 saturated carbocycles. The van der Waals surface area contributed by atoms with Crippen LogP contribution >= 0.6 is 0 Å². The Morgan fingerprint density at radius 3 is 2.67 bits per heavy atom. The topological polar surface area (TPSA) is 138 Å². The molecular weight excluding hydrogens is 420 g/mol. The third-order valence-corrected chi connectivity index (χ3v) is 6.30. The molecule has 2 aliphatic rings. The number of aliphatic hydroxyl groups is 1. The number of nitriles is 1. The molecule has 33 heavy (non-hydrogen) atoms. The van der Waals surface area contributed by atoms with Crippen molar-refractivity contribution in [2.45, 2.75) is 31.1 Å². The Bertz CT molecular complexity index is 1380. The first kappa shape index (κ1) is 20.7. The van der Waals surface area contributed by atoms with Gasteiger partial charge in [-0.3, -0.25) is 9.59 Å². The van der Waals surface area contributed by atoms with Crippen molar-refractivity contribution in [2.24, 2.45) is 0 Å². The first-order valence-electron chi connectivity index (χ1n) is 10.4. The third kappa shape index (κ3) is 2.63. The van der Waals surface area contributed by atoms with Gasteiger partial charge in [-0.05, 0) is 35.7 Å². The van der Waals surface area contributed by atoms with E-state index in [1.54, 1.807) is 30.3 Å². The summed E-state index contributed by atoms with van der Waals surface area (Å²) >= 11 is 0. The fraction of sp³-hybridized carbons (Fsp3) is 0.200. The van der Waals surface area contributed by atoms with Gasteiger partial charge < -0.3 is 20.9 Å². The number of benzene rings is 2. The molecule has 0 saturated heterocycles. The zero-order valence-electron chi connectivity index (χ0n) is 17.9. The van der Waals surface area contributed by atoms with Crippen LogP contribution < -0.4 is 15.8 Å². The first-order chi connectivity index (χ1) is 15.7. The van der Waals surface area contributed by atoms with Crippen molar-refractivity contribution in [3.05, 3.63) is 88.2 Å². The van der Waals surface area contributed by atoms with Crippen molar-refractivity contribution in [3.63, 3.8) is 0 Å². The van der Waals surface area contributed by atoms with E-state index in [0.717, 1.165) is 5.56 Å². The lowest BCUT2D eigenvalue weighted by Crippen LogP contribution is -2.60. The highest BCUT2D eigenvalue weighted by atomic mass is 16.6. The Morgan fingerprint density at radius 1 is 1.21 bits per heavy atom. The molecule has 2 aromatic carbocycles. The van der Waals surface area contributed by atoms with E-state index in [0.29, 0.717) is 11.3 Å². The van der Waals surface area contributed by atoms with Crippen molar-refractivity contribution in [1.82, 2.24) is 10.3 Å². The number of Topliss-reactive ketones (excluding diaryl/α,β-unsaturated/α-hetero) is 1. The normalized spacial score (nSPS) is 22.2. The maximum absolute atomic E-state index is 13.9. The molecule has 8 nitrogen and oxygen atoms in total. The molecule has 0 fully saturated rings. The second-order valence-corrected chi connectivity index (χ2v) is 8.50. The summed E-state index contributed by atoms with van der Waals surface area (Å²) in [5.74, 6) is -2.99. The number of fused-ring (bicyclic) bond motifs is 5. The lowest BCUT2D eigenvalue weighted by molar-refractivity contribution is -0.169. The van der Waals surface area contributed by atoms with Gasteiger partial charge in [0, 0.05) is 23.0 Å². The predicted molar refractivity (Wildman–Crippen MR) is 118 cm³/mol. The number of hydrogen-bond donors (Lipinski definition) is 3.